The zero-order chi connectivity index (χ0) is 19.9. The van der Waals surface area contributed by atoms with Crippen molar-refractivity contribution in [1.82, 2.24) is 15.4 Å². The molecule has 1 aliphatic heterocycles. The maximum absolute atomic E-state index is 11.9. The molecule has 0 saturated carbocycles. The molecule has 0 unspecified atom stereocenters. The lowest BCUT2D eigenvalue weighted by atomic mass is 10.00. The highest BCUT2D eigenvalue weighted by atomic mass is 32.1. The first-order valence-electron chi connectivity index (χ1n) is 9.91. The summed E-state index contributed by atoms with van der Waals surface area (Å²) in [6, 6.07) is 14.4. The number of hydrogen-bond acceptors (Lipinski definition) is 6. The number of carbonyl (C=O) groups excluding carboxylic acids is 1. The fraction of sp³-hybridized carbons (Fsp3) is 0.364. The van der Waals surface area contributed by atoms with Gasteiger partial charge in [0.1, 0.15) is 12.3 Å². The summed E-state index contributed by atoms with van der Waals surface area (Å²) in [4.78, 5) is 15.4. The van der Waals surface area contributed by atoms with E-state index in [1.165, 1.54) is 11.1 Å². The summed E-state index contributed by atoms with van der Waals surface area (Å²) in [7, 11) is 0. The Morgan fingerprint density at radius 3 is 3.00 bits per heavy atom. The van der Waals surface area contributed by atoms with E-state index in [2.05, 4.69) is 39.6 Å². The molecule has 0 spiro atoms. The fourth-order valence-corrected chi connectivity index (χ4v) is 4.16. The molecule has 0 atom stereocenters. The summed E-state index contributed by atoms with van der Waals surface area (Å²) in [5.74, 6) is 0.624. The zero-order valence-corrected chi connectivity index (χ0v) is 17.1. The monoisotopic (exact) mass is 411 g/mol. The molecule has 3 aromatic rings. The van der Waals surface area contributed by atoms with Gasteiger partial charge in [0, 0.05) is 32.2 Å². The van der Waals surface area contributed by atoms with E-state index in [0.717, 1.165) is 43.1 Å². The van der Waals surface area contributed by atoms with Crippen molar-refractivity contribution >= 4 is 17.2 Å². The van der Waals surface area contributed by atoms with Crippen LogP contribution in [0.4, 0.5) is 0 Å². The highest BCUT2D eigenvalue weighted by Gasteiger charge is 2.15. The molecule has 0 fully saturated rings. The number of nitrogens with zero attached hydrogens (tertiary/aromatic N) is 2. The first kappa shape index (κ1) is 19.8. The molecule has 29 heavy (non-hydrogen) atoms. The van der Waals surface area contributed by atoms with E-state index >= 15 is 0 Å². The predicted molar refractivity (Wildman–Crippen MR) is 113 cm³/mol. The van der Waals surface area contributed by atoms with Gasteiger partial charge in [-0.25, -0.2) is 0 Å². The third-order valence-electron chi connectivity index (χ3n) is 4.99. The Balaban J connectivity index is 1.09. The molecule has 1 N–H and O–H groups in total. The van der Waals surface area contributed by atoms with Gasteiger partial charge >= 0.3 is 0 Å². The van der Waals surface area contributed by atoms with Gasteiger partial charge in [0.25, 0.3) is 0 Å². The van der Waals surface area contributed by atoms with Crippen LogP contribution in [-0.2, 0) is 29.1 Å². The number of nitrogens with one attached hydrogen (secondary N) is 1. The second-order valence-electron chi connectivity index (χ2n) is 7.15. The number of benzene rings is 1. The molecule has 4 rings (SSSR count). The molecule has 3 heterocycles. The molecule has 2 aromatic heterocycles. The first-order valence-corrected chi connectivity index (χ1v) is 10.8. The number of thiophene rings is 1. The SMILES string of the molecule is O=C(COCc1cc(-c2cccs2)on1)NCCCN1CCc2ccccc2C1. The van der Waals surface area contributed by atoms with Crippen molar-refractivity contribution in [3.63, 3.8) is 0 Å². The van der Waals surface area contributed by atoms with Gasteiger partial charge in [0.15, 0.2) is 5.76 Å². The van der Waals surface area contributed by atoms with Crippen LogP contribution < -0.4 is 5.32 Å². The van der Waals surface area contributed by atoms with Crippen LogP contribution >= 0.6 is 11.3 Å². The lowest BCUT2D eigenvalue weighted by Gasteiger charge is -2.28. The summed E-state index contributed by atoms with van der Waals surface area (Å²) in [6.07, 6.45) is 2.04. The third-order valence-corrected chi connectivity index (χ3v) is 5.87. The minimum atomic E-state index is -0.101. The Morgan fingerprint density at radius 1 is 1.24 bits per heavy atom. The van der Waals surface area contributed by atoms with Gasteiger partial charge in [-0.2, -0.15) is 0 Å². The van der Waals surface area contributed by atoms with Gasteiger partial charge in [-0.05, 0) is 35.4 Å². The van der Waals surface area contributed by atoms with E-state index in [0.29, 0.717) is 12.2 Å². The van der Waals surface area contributed by atoms with Crippen LogP contribution in [-0.4, -0.2) is 42.2 Å². The second-order valence-corrected chi connectivity index (χ2v) is 8.10. The normalized spacial score (nSPS) is 13.9. The van der Waals surface area contributed by atoms with Crippen LogP contribution in [0.2, 0.25) is 0 Å². The summed E-state index contributed by atoms with van der Waals surface area (Å²) >= 11 is 1.59. The van der Waals surface area contributed by atoms with Crippen molar-refractivity contribution in [2.45, 2.75) is 26.0 Å². The number of ether oxygens (including phenoxy) is 1. The molecule has 1 aromatic carbocycles. The van der Waals surface area contributed by atoms with Gasteiger partial charge in [0.05, 0.1) is 11.5 Å². The number of rotatable bonds is 9. The molecule has 0 saturated heterocycles. The fourth-order valence-electron chi connectivity index (χ4n) is 3.49. The number of hydrogen-bond donors (Lipinski definition) is 1. The Hall–Kier alpha value is -2.48. The second kappa shape index (κ2) is 9.82. The summed E-state index contributed by atoms with van der Waals surface area (Å²) < 4.78 is 10.8. The highest BCUT2D eigenvalue weighted by Crippen LogP contribution is 2.25. The maximum Gasteiger partial charge on any atom is 0.246 e. The number of amides is 1. The maximum atomic E-state index is 11.9. The Kier molecular flexibility index (Phi) is 6.71. The summed E-state index contributed by atoms with van der Waals surface area (Å²) in [5.41, 5.74) is 3.57. The largest absolute Gasteiger partial charge is 0.365 e. The van der Waals surface area contributed by atoms with E-state index in [4.69, 9.17) is 9.26 Å². The number of aromatic nitrogens is 1. The lowest BCUT2D eigenvalue weighted by molar-refractivity contribution is -0.126. The molecular weight excluding hydrogens is 386 g/mol. The molecule has 7 heteroatoms. The van der Waals surface area contributed by atoms with Crippen LogP contribution in [0.15, 0.2) is 52.4 Å². The number of fused-ring (bicyclic) bond motifs is 1. The van der Waals surface area contributed by atoms with Crippen LogP contribution in [0.5, 0.6) is 0 Å². The van der Waals surface area contributed by atoms with Crippen molar-refractivity contribution in [2.24, 2.45) is 0 Å². The van der Waals surface area contributed by atoms with E-state index in [1.807, 2.05) is 23.6 Å². The molecule has 0 bridgehead atoms. The van der Waals surface area contributed by atoms with E-state index in [9.17, 15) is 4.79 Å². The lowest BCUT2D eigenvalue weighted by Crippen LogP contribution is -2.34. The Bertz CT molecular complexity index is 923. The van der Waals surface area contributed by atoms with Crippen LogP contribution in [0.3, 0.4) is 0 Å². The van der Waals surface area contributed by atoms with Crippen molar-refractivity contribution in [1.29, 1.82) is 0 Å². The average Bonchev–Trinajstić information content (AvgIpc) is 3.43. The smallest absolute Gasteiger partial charge is 0.246 e. The van der Waals surface area contributed by atoms with Crippen LogP contribution in [0, 0.1) is 0 Å². The Morgan fingerprint density at radius 2 is 2.14 bits per heavy atom. The van der Waals surface area contributed by atoms with Gasteiger partial charge in [-0.1, -0.05) is 35.5 Å². The summed E-state index contributed by atoms with van der Waals surface area (Å²) in [6.45, 7) is 4.01. The third kappa shape index (κ3) is 5.53. The van der Waals surface area contributed by atoms with E-state index < -0.39 is 0 Å². The average molecular weight is 412 g/mol. The number of carbonyl (C=O) groups is 1. The van der Waals surface area contributed by atoms with Gasteiger partial charge in [-0.3, -0.25) is 9.69 Å². The Labute approximate surface area is 174 Å². The predicted octanol–water partition coefficient (Wildman–Crippen LogP) is 3.48. The molecule has 1 aliphatic rings. The zero-order valence-electron chi connectivity index (χ0n) is 16.3. The topological polar surface area (TPSA) is 67.6 Å². The van der Waals surface area contributed by atoms with Gasteiger partial charge in [0.2, 0.25) is 5.91 Å². The summed E-state index contributed by atoms with van der Waals surface area (Å²) in [5, 5.41) is 8.89. The van der Waals surface area contributed by atoms with Gasteiger partial charge in [-0.15, -0.1) is 11.3 Å². The molecule has 6 nitrogen and oxygen atoms in total. The van der Waals surface area contributed by atoms with Crippen molar-refractivity contribution < 1.29 is 14.1 Å². The van der Waals surface area contributed by atoms with Crippen molar-refractivity contribution in [3.8, 4) is 10.6 Å². The molecule has 1 amide bonds. The van der Waals surface area contributed by atoms with E-state index in [-0.39, 0.29) is 19.1 Å². The highest BCUT2D eigenvalue weighted by molar-refractivity contribution is 7.13. The van der Waals surface area contributed by atoms with E-state index in [1.54, 1.807) is 11.3 Å². The van der Waals surface area contributed by atoms with Crippen molar-refractivity contribution in [3.05, 3.63) is 64.7 Å². The first-order chi connectivity index (χ1) is 14.3. The van der Waals surface area contributed by atoms with Crippen LogP contribution in [0.1, 0.15) is 23.2 Å². The molecule has 0 radical (unpaired) electrons. The molecule has 152 valence electrons. The van der Waals surface area contributed by atoms with Gasteiger partial charge < -0.3 is 14.6 Å². The molecular formula is C22H25N3O3S. The standard InChI is InChI=1S/C22H25N3O3S/c26-22(16-27-15-19-13-20(28-24-19)21-7-3-12-29-21)23-9-4-10-25-11-8-17-5-1-2-6-18(17)14-25/h1-3,5-7,12-13H,4,8-11,14-16H2,(H,23,26). The molecule has 0 aliphatic carbocycles. The van der Waals surface area contributed by atoms with Crippen molar-refractivity contribution in [2.75, 3.05) is 26.2 Å². The van der Waals surface area contributed by atoms with Crippen LogP contribution in [0.25, 0.3) is 10.6 Å². The minimum absolute atomic E-state index is 0.0261. The quantitative estimate of drug-likeness (QED) is 0.546. The minimum Gasteiger partial charge on any atom is -0.365 e.